The zero-order chi connectivity index (χ0) is 10.7. The van der Waals surface area contributed by atoms with Gasteiger partial charge in [0.2, 0.25) is 0 Å². The molecular formula is C11H16ClNO. The molecule has 0 saturated heterocycles. The van der Waals surface area contributed by atoms with E-state index in [1.54, 1.807) is 7.11 Å². The van der Waals surface area contributed by atoms with Crippen molar-refractivity contribution in [3.05, 3.63) is 28.3 Å². The maximum atomic E-state index is 5.97. The standard InChI is InChI=1S/C11H16ClNO/c1-4-10(13)9-6-8(12)5-7(2)11(9)14-3/h5-6,10H,4,13H2,1-3H3. The van der Waals surface area contributed by atoms with Gasteiger partial charge in [-0.1, -0.05) is 18.5 Å². The lowest BCUT2D eigenvalue weighted by atomic mass is 10.0. The summed E-state index contributed by atoms with van der Waals surface area (Å²) in [6.45, 7) is 4.01. The number of rotatable bonds is 3. The molecule has 78 valence electrons. The predicted molar refractivity (Wildman–Crippen MR) is 60.0 cm³/mol. The highest BCUT2D eigenvalue weighted by Crippen LogP contribution is 2.32. The Bertz CT molecular complexity index is 325. The second-order valence-corrected chi connectivity index (χ2v) is 3.80. The highest BCUT2D eigenvalue weighted by Gasteiger charge is 2.13. The van der Waals surface area contributed by atoms with Gasteiger partial charge in [-0.15, -0.1) is 0 Å². The van der Waals surface area contributed by atoms with Crippen LogP contribution >= 0.6 is 11.6 Å². The fourth-order valence-corrected chi connectivity index (χ4v) is 1.81. The Morgan fingerprint density at radius 2 is 2.14 bits per heavy atom. The molecule has 0 fully saturated rings. The molecule has 0 aliphatic heterocycles. The summed E-state index contributed by atoms with van der Waals surface area (Å²) in [5, 5.41) is 0.710. The molecule has 0 saturated carbocycles. The number of halogens is 1. The second kappa shape index (κ2) is 4.67. The normalized spacial score (nSPS) is 12.6. The minimum Gasteiger partial charge on any atom is -0.496 e. The molecule has 1 aromatic carbocycles. The quantitative estimate of drug-likeness (QED) is 0.838. The average molecular weight is 214 g/mol. The lowest BCUT2D eigenvalue weighted by molar-refractivity contribution is 0.402. The summed E-state index contributed by atoms with van der Waals surface area (Å²) in [6, 6.07) is 3.75. The van der Waals surface area contributed by atoms with Gasteiger partial charge in [-0.25, -0.2) is 0 Å². The van der Waals surface area contributed by atoms with Crippen molar-refractivity contribution in [2.75, 3.05) is 7.11 Å². The van der Waals surface area contributed by atoms with Crippen LogP contribution in [0.5, 0.6) is 5.75 Å². The molecule has 14 heavy (non-hydrogen) atoms. The van der Waals surface area contributed by atoms with Crippen LogP contribution in [0.4, 0.5) is 0 Å². The minimum atomic E-state index is -0.0117. The van der Waals surface area contributed by atoms with Crippen LogP contribution in [0.1, 0.15) is 30.5 Å². The smallest absolute Gasteiger partial charge is 0.126 e. The second-order valence-electron chi connectivity index (χ2n) is 3.36. The first-order chi connectivity index (χ1) is 6.60. The van der Waals surface area contributed by atoms with Gasteiger partial charge in [-0.2, -0.15) is 0 Å². The SMILES string of the molecule is CCC(N)c1cc(Cl)cc(C)c1OC. The van der Waals surface area contributed by atoms with Gasteiger partial charge in [0.1, 0.15) is 5.75 Å². The van der Waals surface area contributed by atoms with Crippen LogP contribution in [0.15, 0.2) is 12.1 Å². The Labute approximate surface area is 90.0 Å². The van der Waals surface area contributed by atoms with Crippen LogP contribution in [0, 0.1) is 6.92 Å². The minimum absolute atomic E-state index is 0.0117. The summed E-state index contributed by atoms with van der Waals surface area (Å²) in [5.41, 5.74) is 7.98. The number of nitrogens with two attached hydrogens (primary N) is 1. The lowest BCUT2D eigenvalue weighted by Crippen LogP contribution is -2.10. The summed E-state index contributed by atoms with van der Waals surface area (Å²) in [6.07, 6.45) is 0.871. The van der Waals surface area contributed by atoms with E-state index in [4.69, 9.17) is 22.1 Å². The first-order valence-electron chi connectivity index (χ1n) is 4.69. The van der Waals surface area contributed by atoms with E-state index in [1.165, 1.54) is 0 Å². The summed E-state index contributed by atoms with van der Waals surface area (Å²) in [7, 11) is 1.65. The third kappa shape index (κ3) is 2.20. The van der Waals surface area contributed by atoms with Crippen molar-refractivity contribution >= 4 is 11.6 Å². The molecule has 0 aromatic heterocycles. The summed E-state index contributed by atoms with van der Waals surface area (Å²) in [4.78, 5) is 0. The number of methoxy groups -OCH3 is 1. The van der Waals surface area contributed by atoms with Gasteiger partial charge in [-0.05, 0) is 31.0 Å². The van der Waals surface area contributed by atoms with Gasteiger partial charge in [0.25, 0.3) is 0 Å². The molecule has 2 nitrogen and oxygen atoms in total. The van der Waals surface area contributed by atoms with E-state index >= 15 is 0 Å². The van der Waals surface area contributed by atoms with Crippen molar-refractivity contribution in [2.45, 2.75) is 26.3 Å². The number of benzene rings is 1. The molecule has 0 radical (unpaired) electrons. The molecule has 0 aliphatic carbocycles. The van der Waals surface area contributed by atoms with Crippen molar-refractivity contribution in [1.82, 2.24) is 0 Å². The van der Waals surface area contributed by atoms with Gasteiger partial charge in [-0.3, -0.25) is 0 Å². The summed E-state index contributed by atoms with van der Waals surface area (Å²) in [5.74, 6) is 0.851. The molecule has 0 aliphatic rings. The van der Waals surface area contributed by atoms with Gasteiger partial charge in [0.05, 0.1) is 7.11 Å². The maximum absolute atomic E-state index is 5.97. The zero-order valence-corrected chi connectivity index (χ0v) is 9.56. The number of hydrogen-bond donors (Lipinski definition) is 1. The predicted octanol–water partition coefficient (Wildman–Crippen LogP) is 3.07. The number of hydrogen-bond acceptors (Lipinski definition) is 2. The molecule has 2 N–H and O–H groups in total. The van der Waals surface area contributed by atoms with Crippen molar-refractivity contribution in [1.29, 1.82) is 0 Å². The fourth-order valence-electron chi connectivity index (χ4n) is 1.53. The number of aryl methyl sites for hydroxylation is 1. The van der Waals surface area contributed by atoms with Crippen LogP contribution in [0.3, 0.4) is 0 Å². The Morgan fingerprint density at radius 1 is 1.50 bits per heavy atom. The largest absolute Gasteiger partial charge is 0.496 e. The Morgan fingerprint density at radius 3 is 2.64 bits per heavy atom. The molecular weight excluding hydrogens is 198 g/mol. The van der Waals surface area contributed by atoms with Crippen molar-refractivity contribution in [3.63, 3.8) is 0 Å². The summed E-state index contributed by atoms with van der Waals surface area (Å²) >= 11 is 5.97. The van der Waals surface area contributed by atoms with Crippen molar-refractivity contribution in [2.24, 2.45) is 5.73 Å². The molecule has 0 spiro atoms. The molecule has 0 heterocycles. The van der Waals surface area contributed by atoms with Gasteiger partial charge < -0.3 is 10.5 Å². The van der Waals surface area contributed by atoms with Gasteiger partial charge >= 0.3 is 0 Å². The lowest BCUT2D eigenvalue weighted by Gasteiger charge is -2.16. The van der Waals surface area contributed by atoms with E-state index in [2.05, 4.69) is 0 Å². The van der Waals surface area contributed by atoms with E-state index in [0.29, 0.717) is 5.02 Å². The fraction of sp³-hybridized carbons (Fsp3) is 0.455. The van der Waals surface area contributed by atoms with Crippen LogP contribution < -0.4 is 10.5 Å². The molecule has 1 unspecified atom stereocenters. The first kappa shape index (κ1) is 11.3. The summed E-state index contributed by atoms with van der Waals surface area (Å²) < 4.78 is 5.32. The van der Waals surface area contributed by atoms with E-state index in [0.717, 1.165) is 23.3 Å². The topological polar surface area (TPSA) is 35.2 Å². The Balaban J connectivity index is 3.24. The van der Waals surface area contributed by atoms with Gasteiger partial charge in [0.15, 0.2) is 0 Å². The maximum Gasteiger partial charge on any atom is 0.126 e. The van der Waals surface area contributed by atoms with Gasteiger partial charge in [0, 0.05) is 16.6 Å². The number of ether oxygens (including phenoxy) is 1. The molecule has 1 atom stereocenters. The monoisotopic (exact) mass is 213 g/mol. The van der Waals surface area contributed by atoms with Crippen molar-refractivity contribution < 1.29 is 4.74 Å². The highest BCUT2D eigenvalue weighted by atomic mass is 35.5. The Kier molecular flexibility index (Phi) is 3.78. The third-order valence-electron chi connectivity index (χ3n) is 2.31. The van der Waals surface area contributed by atoms with Crippen LogP contribution in [0.25, 0.3) is 0 Å². The zero-order valence-electron chi connectivity index (χ0n) is 8.80. The molecule has 1 rings (SSSR count). The molecule has 1 aromatic rings. The average Bonchev–Trinajstić information content (AvgIpc) is 2.15. The van der Waals surface area contributed by atoms with Crippen molar-refractivity contribution in [3.8, 4) is 5.75 Å². The van der Waals surface area contributed by atoms with E-state index in [9.17, 15) is 0 Å². The molecule has 0 amide bonds. The van der Waals surface area contributed by atoms with E-state index in [1.807, 2.05) is 26.0 Å². The highest BCUT2D eigenvalue weighted by molar-refractivity contribution is 6.30. The molecule has 0 bridgehead atoms. The Hall–Kier alpha value is -0.730. The third-order valence-corrected chi connectivity index (χ3v) is 2.53. The van der Waals surface area contributed by atoms with Crippen LogP contribution in [-0.2, 0) is 0 Å². The van der Waals surface area contributed by atoms with E-state index in [-0.39, 0.29) is 6.04 Å². The molecule has 3 heteroatoms. The van der Waals surface area contributed by atoms with Crippen LogP contribution in [0.2, 0.25) is 5.02 Å². The van der Waals surface area contributed by atoms with Crippen LogP contribution in [-0.4, -0.2) is 7.11 Å². The first-order valence-corrected chi connectivity index (χ1v) is 5.07. The van der Waals surface area contributed by atoms with E-state index < -0.39 is 0 Å².